The number of carbonyl (C=O) groups is 2. The van der Waals surface area contributed by atoms with Crippen LogP contribution in [0.15, 0.2) is 46.9 Å². The predicted octanol–water partition coefficient (Wildman–Crippen LogP) is 4.44. The van der Waals surface area contributed by atoms with Crippen molar-refractivity contribution in [2.75, 3.05) is 10.6 Å². The largest absolute Gasteiger partial charge is 0.478 e. The van der Waals surface area contributed by atoms with Crippen LogP contribution in [0.25, 0.3) is 0 Å². The number of carboxylic acid groups (broad SMARTS) is 1. The minimum atomic E-state index is -1.08. The maximum absolute atomic E-state index is 11.8. The second kappa shape index (κ2) is 6.60. The first-order valence-electron chi connectivity index (χ1n) is 5.82. The van der Waals surface area contributed by atoms with Crippen molar-refractivity contribution in [3.8, 4) is 0 Å². The fraction of sp³-hybridized carbons (Fsp3) is 0. The van der Waals surface area contributed by atoms with Gasteiger partial charge in [0.2, 0.25) is 0 Å². The van der Waals surface area contributed by atoms with Crippen LogP contribution in [0.3, 0.4) is 0 Å². The summed E-state index contributed by atoms with van der Waals surface area (Å²) in [4.78, 5) is 22.6. The molecule has 0 aliphatic rings. The van der Waals surface area contributed by atoms with Crippen LogP contribution in [0.2, 0.25) is 5.02 Å². The highest BCUT2D eigenvalue weighted by Gasteiger charge is 2.09. The lowest BCUT2D eigenvalue weighted by molar-refractivity contribution is 0.0697. The number of hydrogen-bond acceptors (Lipinski definition) is 2. The topological polar surface area (TPSA) is 78.4 Å². The van der Waals surface area contributed by atoms with E-state index in [1.165, 1.54) is 18.2 Å². The summed E-state index contributed by atoms with van der Waals surface area (Å²) in [5.41, 5.74) is 1.00. The van der Waals surface area contributed by atoms with Gasteiger partial charge in [0.05, 0.1) is 16.3 Å². The molecule has 5 nitrogen and oxygen atoms in total. The molecule has 0 unspecified atom stereocenters. The van der Waals surface area contributed by atoms with E-state index in [-0.39, 0.29) is 10.6 Å². The molecular formula is C14H10BrClN2O3. The summed E-state index contributed by atoms with van der Waals surface area (Å²) in [7, 11) is 0. The molecule has 21 heavy (non-hydrogen) atoms. The average Bonchev–Trinajstić information content (AvgIpc) is 2.43. The molecular weight excluding hydrogens is 360 g/mol. The summed E-state index contributed by atoms with van der Waals surface area (Å²) in [6.45, 7) is 0. The number of urea groups is 1. The first-order valence-corrected chi connectivity index (χ1v) is 6.99. The Labute approximate surface area is 134 Å². The van der Waals surface area contributed by atoms with Crippen LogP contribution in [-0.2, 0) is 0 Å². The van der Waals surface area contributed by atoms with E-state index in [0.29, 0.717) is 11.4 Å². The molecule has 2 aromatic rings. The van der Waals surface area contributed by atoms with Crippen molar-refractivity contribution in [2.24, 2.45) is 0 Å². The first-order chi connectivity index (χ1) is 9.95. The third-order valence-electron chi connectivity index (χ3n) is 2.57. The van der Waals surface area contributed by atoms with Crippen LogP contribution in [-0.4, -0.2) is 17.1 Å². The smallest absolute Gasteiger partial charge is 0.335 e. The lowest BCUT2D eigenvalue weighted by atomic mass is 10.2. The second-order valence-electron chi connectivity index (χ2n) is 4.09. The zero-order valence-corrected chi connectivity index (χ0v) is 12.9. The Balaban J connectivity index is 2.06. The van der Waals surface area contributed by atoms with Crippen molar-refractivity contribution in [2.45, 2.75) is 0 Å². The molecule has 0 aromatic heterocycles. The summed E-state index contributed by atoms with van der Waals surface area (Å²) < 4.78 is 0.903. The predicted molar refractivity (Wildman–Crippen MR) is 85.2 cm³/mol. The minimum Gasteiger partial charge on any atom is -0.478 e. The van der Waals surface area contributed by atoms with Gasteiger partial charge in [-0.2, -0.15) is 0 Å². The van der Waals surface area contributed by atoms with Gasteiger partial charge in [0.25, 0.3) is 0 Å². The molecule has 108 valence electrons. The maximum Gasteiger partial charge on any atom is 0.335 e. The monoisotopic (exact) mass is 368 g/mol. The summed E-state index contributed by atoms with van der Waals surface area (Å²) in [6.07, 6.45) is 0. The molecule has 0 aliphatic heterocycles. The highest BCUT2D eigenvalue weighted by molar-refractivity contribution is 9.10. The Morgan fingerprint density at radius 1 is 1.05 bits per heavy atom. The molecule has 2 aromatic carbocycles. The van der Waals surface area contributed by atoms with Crippen molar-refractivity contribution in [1.29, 1.82) is 0 Å². The molecule has 0 heterocycles. The summed E-state index contributed by atoms with van der Waals surface area (Å²) in [5.74, 6) is -1.08. The Morgan fingerprint density at radius 2 is 1.71 bits per heavy atom. The second-order valence-corrected chi connectivity index (χ2v) is 5.41. The van der Waals surface area contributed by atoms with Gasteiger partial charge in [0.15, 0.2) is 0 Å². The van der Waals surface area contributed by atoms with Crippen LogP contribution in [0, 0.1) is 0 Å². The standard InChI is InChI=1S/C14H10BrClN2O3/c15-9-2-4-10(5-3-9)17-14(21)18-12-6-1-8(13(19)20)7-11(12)16/h1-7H,(H,19,20)(H2,17,18,21). The molecule has 2 rings (SSSR count). The van der Waals surface area contributed by atoms with Crippen LogP contribution in [0.5, 0.6) is 0 Å². The van der Waals surface area contributed by atoms with Crippen molar-refractivity contribution >= 4 is 50.9 Å². The third kappa shape index (κ3) is 4.21. The Kier molecular flexibility index (Phi) is 4.82. The lowest BCUT2D eigenvalue weighted by Gasteiger charge is -2.09. The fourth-order valence-corrected chi connectivity index (χ4v) is 2.06. The van der Waals surface area contributed by atoms with E-state index >= 15 is 0 Å². The van der Waals surface area contributed by atoms with Gasteiger partial charge in [-0.15, -0.1) is 0 Å². The SMILES string of the molecule is O=C(Nc1ccc(Br)cc1)Nc1ccc(C(=O)O)cc1Cl. The van der Waals surface area contributed by atoms with Crippen molar-refractivity contribution in [3.63, 3.8) is 0 Å². The molecule has 0 saturated heterocycles. The van der Waals surface area contributed by atoms with E-state index in [0.717, 1.165) is 4.47 Å². The number of halogens is 2. The summed E-state index contributed by atoms with van der Waals surface area (Å²) in [6, 6.07) is 10.7. The van der Waals surface area contributed by atoms with Gasteiger partial charge in [0.1, 0.15) is 0 Å². The Hall–Kier alpha value is -2.05. The van der Waals surface area contributed by atoms with Gasteiger partial charge in [-0.05, 0) is 42.5 Å². The molecule has 0 aliphatic carbocycles. The summed E-state index contributed by atoms with van der Waals surface area (Å²) in [5, 5.41) is 14.2. The van der Waals surface area contributed by atoms with Crippen molar-refractivity contribution in [3.05, 3.63) is 57.5 Å². The van der Waals surface area contributed by atoms with E-state index in [9.17, 15) is 9.59 Å². The quantitative estimate of drug-likeness (QED) is 0.748. The van der Waals surface area contributed by atoms with E-state index in [2.05, 4.69) is 26.6 Å². The molecule has 0 saturated carbocycles. The zero-order valence-electron chi connectivity index (χ0n) is 10.6. The van der Waals surface area contributed by atoms with Gasteiger partial charge in [-0.3, -0.25) is 0 Å². The number of amides is 2. The normalized spacial score (nSPS) is 10.0. The number of anilines is 2. The van der Waals surface area contributed by atoms with Gasteiger partial charge >= 0.3 is 12.0 Å². The van der Waals surface area contributed by atoms with Gasteiger partial charge in [-0.25, -0.2) is 9.59 Å². The number of carbonyl (C=O) groups excluding carboxylic acids is 1. The molecule has 0 fully saturated rings. The third-order valence-corrected chi connectivity index (χ3v) is 3.41. The number of carboxylic acids is 1. The van der Waals surface area contributed by atoms with E-state index < -0.39 is 12.0 Å². The number of aromatic carboxylic acids is 1. The summed E-state index contributed by atoms with van der Waals surface area (Å²) >= 11 is 9.23. The van der Waals surface area contributed by atoms with Crippen LogP contribution in [0.1, 0.15) is 10.4 Å². The van der Waals surface area contributed by atoms with E-state index in [1.807, 2.05) is 0 Å². The van der Waals surface area contributed by atoms with E-state index in [4.69, 9.17) is 16.7 Å². The number of nitrogens with one attached hydrogen (secondary N) is 2. The highest BCUT2D eigenvalue weighted by Crippen LogP contribution is 2.23. The minimum absolute atomic E-state index is 0.0545. The molecule has 3 N–H and O–H groups in total. The molecule has 0 atom stereocenters. The van der Waals surface area contributed by atoms with Crippen LogP contribution >= 0.6 is 27.5 Å². The molecule has 7 heteroatoms. The van der Waals surface area contributed by atoms with Crippen molar-refractivity contribution < 1.29 is 14.7 Å². The average molecular weight is 370 g/mol. The van der Waals surface area contributed by atoms with Crippen LogP contribution < -0.4 is 10.6 Å². The maximum atomic E-state index is 11.8. The van der Waals surface area contributed by atoms with Crippen LogP contribution in [0.4, 0.5) is 16.2 Å². The van der Waals surface area contributed by atoms with E-state index in [1.54, 1.807) is 24.3 Å². The number of rotatable bonds is 3. The molecule has 2 amide bonds. The Morgan fingerprint density at radius 3 is 2.29 bits per heavy atom. The zero-order chi connectivity index (χ0) is 15.4. The fourth-order valence-electron chi connectivity index (χ4n) is 1.57. The highest BCUT2D eigenvalue weighted by atomic mass is 79.9. The molecule has 0 spiro atoms. The lowest BCUT2D eigenvalue weighted by Crippen LogP contribution is -2.19. The van der Waals surface area contributed by atoms with Gasteiger partial charge in [-0.1, -0.05) is 27.5 Å². The van der Waals surface area contributed by atoms with Gasteiger partial charge < -0.3 is 15.7 Å². The Bertz CT molecular complexity index is 689. The molecule has 0 bridgehead atoms. The first kappa shape index (κ1) is 15.3. The van der Waals surface area contributed by atoms with Crippen molar-refractivity contribution in [1.82, 2.24) is 0 Å². The van der Waals surface area contributed by atoms with Gasteiger partial charge in [0, 0.05) is 10.2 Å². The number of benzene rings is 2. The number of hydrogen-bond donors (Lipinski definition) is 3. The molecule has 0 radical (unpaired) electrons.